The zero-order chi connectivity index (χ0) is 17.0. The average Bonchev–Trinajstić information content (AvgIpc) is 3.12. The van der Waals surface area contributed by atoms with E-state index in [2.05, 4.69) is 34.5 Å². The van der Waals surface area contributed by atoms with E-state index >= 15 is 0 Å². The van der Waals surface area contributed by atoms with Gasteiger partial charge in [0.25, 0.3) is 0 Å². The van der Waals surface area contributed by atoms with Crippen LogP contribution in [0.1, 0.15) is 51.2 Å². The lowest BCUT2D eigenvalue weighted by Gasteiger charge is -2.31. The van der Waals surface area contributed by atoms with E-state index < -0.39 is 0 Å². The second-order valence-corrected chi connectivity index (χ2v) is 6.64. The molecule has 0 unspecified atom stereocenters. The van der Waals surface area contributed by atoms with Gasteiger partial charge in [0, 0.05) is 32.1 Å². The molecule has 144 valence electrons. The molecule has 0 aliphatic heterocycles. The molecule has 0 atom stereocenters. The summed E-state index contributed by atoms with van der Waals surface area (Å²) in [7, 11) is 2.27. The van der Waals surface area contributed by atoms with Crippen molar-refractivity contribution in [1.29, 1.82) is 0 Å². The SMILES string of the molecule is CCNC(=NCCCN(C)C1CCCCC1)NCCc1ccco1.I. The lowest BCUT2D eigenvalue weighted by atomic mass is 9.94. The fraction of sp³-hybridized carbons (Fsp3) is 0.737. The van der Waals surface area contributed by atoms with E-state index in [0.29, 0.717) is 0 Å². The van der Waals surface area contributed by atoms with Crippen molar-refractivity contribution in [2.45, 2.75) is 57.9 Å². The first-order valence-corrected chi connectivity index (χ1v) is 9.54. The maximum Gasteiger partial charge on any atom is 0.191 e. The van der Waals surface area contributed by atoms with E-state index in [4.69, 9.17) is 4.42 Å². The van der Waals surface area contributed by atoms with Crippen LogP contribution in [0.5, 0.6) is 0 Å². The summed E-state index contributed by atoms with van der Waals surface area (Å²) in [5.74, 6) is 1.91. The number of halogens is 1. The van der Waals surface area contributed by atoms with Crippen molar-refractivity contribution in [3.63, 3.8) is 0 Å². The number of guanidine groups is 1. The van der Waals surface area contributed by atoms with Gasteiger partial charge in [-0.05, 0) is 51.9 Å². The zero-order valence-electron chi connectivity index (χ0n) is 15.8. The Morgan fingerprint density at radius 2 is 2.08 bits per heavy atom. The molecule has 6 heteroatoms. The van der Waals surface area contributed by atoms with E-state index in [1.807, 2.05) is 12.1 Å². The molecule has 1 heterocycles. The number of aliphatic imine (C=N–C) groups is 1. The van der Waals surface area contributed by atoms with Crippen LogP contribution >= 0.6 is 24.0 Å². The number of hydrogen-bond donors (Lipinski definition) is 2. The normalized spacial score (nSPS) is 15.9. The van der Waals surface area contributed by atoms with Gasteiger partial charge >= 0.3 is 0 Å². The summed E-state index contributed by atoms with van der Waals surface area (Å²) >= 11 is 0. The van der Waals surface area contributed by atoms with Gasteiger partial charge in [-0.25, -0.2) is 0 Å². The third kappa shape index (κ3) is 8.94. The van der Waals surface area contributed by atoms with Crippen LogP contribution in [-0.4, -0.2) is 50.1 Å². The third-order valence-electron chi connectivity index (χ3n) is 4.73. The van der Waals surface area contributed by atoms with Crippen molar-refractivity contribution in [2.75, 3.05) is 33.2 Å². The molecule has 0 amide bonds. The molecule has 2 N–H and O–H groups in total. The van der Waals surface area contributed by atoms with Gasteiger partial charge in [-0.1, -0.05) is 19.3 Å². The minimum atomic E-state index is 0. The van der Waals surface area contributed by atoms with E-state index in [1.54, 1.807) is 6.26 Å². The topological polar surface area (TPSA) is 52.8 Å². The van der Waals surface area contributed by atoms with E-state index in [9.17, 15) is 0 Å². The molecule has 25 heavy (non-hydrogen) atoms. The largest absolute Gasteiger partial charge is 0.469 e. The van der Waals surface area contributed by atoms with E-state index in [1.165, 1.54) is 32.1 Å². The monoisotopic (exact) mass is 462 g/mol. The Balaban J connectivity index is 0.00000312. The van der Waals surface area contributed by atoms with Crippen molar-refractivity contribution in [2.24, 2.45) is 4.99 Å². The highest BCUT2D eigenvalue weighted by Crippen LogP contribution is 2.21. The van der Waals surface area contributed by atoms with Gasteiger partial charge in [-0.2, -0.15) is 0 Å². The standard InChI is InChI=1S/C19H34N4O.HI/c1-3-20-19(22-14-12-18-11-7-16-24-18)21-13-8-15-23(2)17-9-5-4-6-10-17;/h7,11,16-17H,3-6,8-10,12-15H2,1-2H3,(H2,20,21,22);1H. The zero-order valence-corrected chi connectivity index (χ0v) is 18.1. The van der Waals surface area contributed by atoms with Crippen molar-refractivity contribution in [1.82, 2.24) is 15.5 Å². The van der Waals surface area contributed by atoms with Crippen molar-refractivity contribution in [3.05, 3.63) is 24.2 Å². The summed E-state index contributed by atoms with van der Waals surface area (Å²) in [5, 5.41) is 6.68. The molecule has 0 spiro atoms. The van der Waals surface area contributed by atoms with Gasteiger partial charge < -0.3 is 20.0 Å². The predicted molar refractivity (Wildman–Crippen MR) is 116 cm³/mol. The molecule has 0 bridgehead atoms. The Hall–Kier alpha value is -0.760. The van der Waals surface area contributed by atoms with Crippen molar-refractivity contribution >= 4 is 29.9 Å². The Morgan fingerprint density at radius 1 is 1.28 bits per heavy atom. The third-order valence-corrected chi connectivity index (χ3v) is 4.73. The van der Waals surface area contributed by atoms with E-state index in [-0.39, 0.29) is 24.0 Å². The van der Waals surface area contributed by atoms with Crippen LogP contribution in [0.2, 0.25) is 0 Å². The lowest BCUT2D eigenvalue weighted by molar-refractivity contribution is 0.191. The Morgan fingerprint density at radius 3 is 2.76 bits per heavy atom. The van der Waals surface area contributed by atoms with Crippen LogP contribution in [0, 0.1) is 0 Å². The van der Waals surface area contributed by atoms with Crippen LogP contribution in [0.4, 0.5) is 0 Å². The highest BCUT2D eigenvalue weighted by molar-refractivity contribution is 14.0. The van der Waals surface area contributed by atoms with E-state index in [0.717, 1.165) is 56.8 Å². The predicted octanol–water partition coefficient (Wildman–Crippen LogP) is 3.65. The number of rotatable bonds is 9. The number of nitrogens with one attached hydrogen (secondary N) is 2. The summed E-state index contributed by atoms with van der Waals surface area (Å²) < 4.78 is 5.35. The Bertz CT molecular complexity index is 458. The number of nitrogens with zero attached hydrogens (tertiary/aromatic N) is 2. The average molecular weight is 462 g/mol. The molecule has 0 saturated heterocycles. The first-order valence-electron chi connectivity index (χ1n) is 9.54. The summed E-state index contributed by atoms with van der Waals surface area (Å²) in [5.41, 5.74) is 0. The molecule has 1 aliphatic rings. The summed E-state index contributed by atoms with van der Waals surface area (Å²) in [4.78, 5) is 7.22. The molecule has 2 rings (SSSR count). The molecule has 0 radical (unpaired) electrons. The molecular formula is C19H35IN4O. The fourth-order valence-corrected chi connectivity index (χ4v) is 3.32. The maximum absolute atomic E-state index is 5.35. The second-order valence-electron chi connectivity index (χ2n) is 6.64. The minimum Gasteiger partial charge on any atom is -0.469 e. The summed E-state index contributed by atoms with van der Waals surface area (Å²) in [6.07, 6.45) is 10.7. The Kier molecular flexibility index (Phi) is 12.0. The molecule has 5 nitrogen and oxygen atoms in total. The highest BCUT2D eigenvalue weighted by atomic mass is 127. The van der Waals surface area contributed by atoms with Crippen LogP contribution in [0.15, 0.2) is 27.8 Å². The maximum atomic E-state index is 5.35. The summed E-state index contributed by atoms with van der Waals surface area (Å²) in [6.45, 7) is 5.82. The first kappa shape index (κ1) is 22.3. The molecule has 0 aromatic carbocycles. The molecule has 1 saturated carbocycles. The van der Waals surface area contributed by atoms with Crippen molar-refractivity contribution < 1.29 is 4.42 Å². The number of hydrogen-bond acceptors (Lipinski definition) is 3. The molecular weight excluding hydrogens is 427 g/mol. The van der Waals surface area contributed by atoms with Gasteiger partial charge in [0.15, 0.2) is 5.96 Å². The quantitative estimate of drug-likeness (QED) is 0.255. The van der Waals surface area contributed by atoms with Crippen LogP contribution in [0.25, 0.3) is 0 Å². The fourth-order valence-electron chi connectivity index (χ4n) is 3.32. The summed E-state index contributed by atoms with van der Waals surface area (Å²) in [6, 6.07) is 4.73. The molecule has 1 aromatic heterocycles. The van der Waals surface area contributed by atoms with Gasteiger partial charge in [0.05, 0.1) is 6.26 Å². The molecule has 1 aliphatic carbocycles. The highest BCUT2D eigenvalue weighted by Gasteiger charge is 2.17. The minimum absolute atomic E-state index is 0. The van der Waals surface area contributed by atoms with Gasteiger partial charge in [-0.3, -0.25) is 4.99 Å². The van der Waals surface area contributed by atoms with Gasteiger partial charge in [0.1, 0.15) is 5.76 Å². The lowest BCUT2D eigenvalue weighted by Crippen LogP contribution is -2.38. The van der Waals surface area contributed by atoms with Crippen LogP contribution in [0.3, 0.4) is 0 Å². The van der Waals surface area contributed by atoms with Crippen molar-refractivity contribution in [3.8, 4) is 0 Å². The van der Waals surface area contributed by atoms with Gasteiger partial charge in [-0.15, -0.1) is 24.0 Å². The number of furan rings is 1. The van der Waals surface area contributed by atoms with Gasteiger partial charge in [0.2, 0.25) is 0 Å². The molecule has 1 aromatic rings. The molecule has 1 fully saturated rings. The smallest absolute Gasteiger partial charge is 0.191 e. The second kappa shape index (κ2) is 13.4. The van der Waals surface area contributed by atoms with Crippen LogP contribution < -0.4 is 10.6 Å². The van der Waals surface area contributed by atoms with Crippen LogP contribution in [-0.2, 0) is 6.42 Å². The first-order chi connectivity index (χ1) is 11.8. The Labute approximate surface area is 170 Å².